The first-order valence-electron chi connectivity index (χ1n) is 10.1. The van der Waals surface area contributed by atoms with E-state index in [2.05, 4.69) is 71.2 Å². The maximum Gasteiger partial charge on any atom is 0.167 e. The Morgan fingerprint density at radius 2 is 1.89 bits per heavy atom. The van der Waals surface area contributed by atoms with Gasteiger partial charge in [-0.25, -0.2) is 0 Å². The van der Waals surface area contributed by atoms with Crippen molar-refractivity contribution in [1.82, 2.24) is 10.2 Å². The van der Waals surface area contributed by atoms with Gasteiger partial charge in [0.1, 0.15) is 6.61 Å². The van der Waals surface area contributed by atoms with Crippen LogP contribution in [0.15, 0.2) is 40.9 Å². The number of nitrogens with zero attached hydrogens (tertiary/aromatic N) is 1. The lowest BCUT2D eigenvalue weighted by Crippen LogP contribution is -2.27. The standard InChI is InChI=1S/C23H33BrN2O2/c1-5-26(6-2)14-8-13-25-16-20-21(24)11-12-22(27-4)23(20)28-17-19-10-7-9-18(3)15-19/h7,9-12,15,25H,5-6,8,13-14,16-17H2,1-4H3. The summed E-state index contributed by atoms with van der Waals surface area (Å²) < 4.78 is 12.8. The van der Waals surface area contributed by atoms with Crippen molar-refractivity contribution >= 4 is 15.9 Å². The molecule has 1 N–H and O–H groups in total. The number of rotatable bonds is 12. The van der Waals surface area contributed by atoms with Crippen LogP contribution < -0.4 is 14.8 Å². The fraction of sp³-hybridized carbons (Fsp3) is 0.478. The first-order valence-corrected chi connectivity index (χ1v) is 10.8. The molecular weight excluding hydrogens is 416 g/mol. The number of methoxy groups -OCH3 is 1. The highest BCUT2D eigenvalue weighted by molar-refractivity contribution is 9.10. The third kappa shape index (κ3) is 6.80. The molecule has 0 unspecified atom stereocenters. The minimum Gasteiger partial charge on any atom is -0.493 e. The second-order valence-corrected chi connectivity index (χ2v) is 7.75. The Balaban J connectivity index is 2.02. The summed E-state index contributed by atoms with van der Waals surface area (Å²) in [4.78, 5) is 2.44. The normalized spacial score (nSPS) is 11.1. The minimum atomic E-state index is 0.517. The molecule has 0 radical (unpaired) electrons. The average molecular weight is 449 g/mol. The highest BCUT2D eigenvalue weighted by atomic mass is 79.9. The molecule has 0 aliphatic rings. The molecule has 0 saturated carbocycles. The van der Waals surface area contributed by atoms with Crippen molar-refractivity contribution < 1.29 is 9.47 Å². The van der Waals surface area contributed by atoms with Gasteiger partial charge in [-0.15, -0.1) is 0 Å². The molecule has 0 heterocycles. The number of nitrogens with one attached hydrogen (secondary N) is 1. The van der Waals surface area contributed by atoms with E-state index in [1.165, 1.54) is 5.56 Å². The van der Waals surface area contributed by atoms with Gasteiger partial charge < -0.3 is 19.7 Å². The molecule has 0 fully saturated rings. The lowest BCUT2D eigenvalue weighted by atomic mass is 10.1. The van der Waals surface area contributed by atoms with Gasteiger partial charge in [0.15, 0.2) is 11.5 Å². The molecule has 28 heavy (non-hydrogen) atoms. The summed E-state index contributed by atoms with van der Waals surface area (Å²) in [6, 6.07) is 12.4. The summed E-state index contributed by atoms with van der Waals surface area (Å²) in [5.74, 6) is 1.56. The topological polar surface area (TPSA) is 33.7 Å². The van der Waals surface area contributed by atoms with Crippen molar-refractivity contribution in [3.63, 3.8) is 0 Å². The molecule has 0 aliphatic carbocycles. The van der Waals surface area contributed by atoms with E-state index < -0.39 is 0 Å². The molecule has 0 spiro atoms. The first kappa shape index (κ1) is 22.7. The summed E-state index contributed by atoms with van der Waals surface area (Å²) in [7, 11) is 1.68. The maximum atomic E-state index is 6.21. The van der Waals surface area contributed by atoms with Crippen LogP contribution in [0.4, 0.5) is 0 Å². The highest BCUT2D eigenvalue weighted by Gasteiger charge is 2.15. The fourth-order valence-electron chi connectivity index (χ4n) is 3.20. The van der Waals surface area contributed by atoms with Crippen molar-refractivity contribution in [2.45, 2.75) is 40.3 Å². The lowest BCUT2D eigenvalue weighted by molar-refractivity contribution is 0.279. The zero-order valence-corrected chi connectivity index (χ0v) is 19.1. The summed E-state index contributed by atoms with van der Waals surface area (Å²) in [6.07, 6.45) is 1.13. The van der Waals surface area contributed by atoms with Crippen LogP contribution in [0, 0.1) is 6.92 Å². The Kier molecular flexibility index (Phi) is 9.82. The van der Waals surface area contributed by atoms with E-state index in [-0.39, 0.29) is 0 Å². The minimum absolute atomic E-state index is 0.517. The number of hydrogen-bond acceptors (Lipinski definition) is 4. The molecule has 0 aromatic heterocycles. The summed E-state index contributed by atoms with van der Waals surface area (Å²) in [6.45, 7) is 12.1. The molecular formula is C23H33BrN2O2. The number of benzene rings is 2. The van der Waals surface area contributed by atoms with Gasteiger partial charge in [-0.3, -0.25) is 0 Å². The van der Waals surface area contributed by atoms with Gasteiger partial charge in [-0.05, 0) is 57.2 Å². The van der Waals surface area contributed by atoms with Gasteiger partial charge in [0.05, 0.1) is 7.11 Å². The SMILES string of the molecule is CCN(CC)CCCNCc1c(Br)ccc(OC)c1OCc1cccc(C)c1. The fourth-order valence-corrected chi connectivity index (χ4v) is 3.66. The predicted octanol–water partition coefficient (Wildman–Crippen LogP) is 5.17. The van der Waals surface area contributed by atoms with Gasteiger partial charge in [-0.2, -0.15) is 0 Å². The number of ether oxygens (including phenoxy) is 2. The Morgan fingerprint density at radius 3 is 2.57 bits per heavy atom. The van der Waals surface area contributed by atoms with E-state index in [0.717, 1.165) is 66.2 Å². The van der Waals surface area contributed by atoms with Crippen molar-refractivity contribution in [2.75, 3.05) is 33.3 Å². The molecule has 0 atom stereocenters. The van der Waals surface area contributed by atoms with Crippen molar-refractivity contribution in [3.05, 3.63) is 57.6 Å². The Bertz CT molecular complexity index is 733. The van der Waals surface area contributed by atoms with E-state index in [4.69, 9.17) is 9.47 Å². The monoisotopic (exact) mass is 448 g/mol. The second-order valence-electron chi connectivity index (χ2n) is 6.89. The van der Waals surface area contributed by atoms with Crippen LogP contribution in [0.1, 0.15) is 37.0 Å². The van der Waals surface area contributed by atoms with E-state index in [9.17, 15) is 0 Å². The van der Waals surface area contributed by atoms with Crippen molar-refractivity contribution in [3.8, 4) is 11.5 Å². The summed E-state index contributed by atoms with van der Waals surface area (Å²) >= 11 is 3.68. The molecule has 0 saturated heterocycles. The van der Waals surface area contributed by atoms with Gasteiger partial charge in [0.25, 0.3) is 0 Å². The van der Waals surface area contributed by atoms with Crippen LogP contribution in [0.2, 0.25) is 0 Å². The third-order valence-electron chi connectivity index (χ3n) is 4.88. The quantitative estimate of drug-likeness (QED) is 0.454. The van der Waals surface area contributed by atoms with Crippen molar-refractivity contribution in [1.29, 1.82) is 0 Å². The average Bonchev–Trinajstić information content (AvgIpc) is 2.70. The molecule has 2 aromatic carbocycles. The Hall–Kier alpha value is -1.56. The number of halogens is 1. The Morgan fingerprint density at radius 1 is 1.11 bits per heavy atom. The summed E-state index contributed by atoms with van der Waals surface area (Å²) in [5, 5.41) is 3.55. The molecule has 154 valence electrons. The molecule has 4 nitrogen and oxygen atoms in total. The van der Waals surface area contributed by atoms with Crippen LogP contribution in [0.5, 0.6) is 11.5 Å². The summed E-state index contributed by atoms with van der Waals surface area (Å²) in [5.41, 5.74) is 3.48. The van der Waals surface area contributed by atoms with Gasteiger partial charge in [-0.1, -0.05) is 59.6 Å². The zero-order chi connectivity index (χ0) is 20.4. The highest BCUT2D eigenvalue weighted by Crippen LogP contribution is 2.36. The Labute approximate surface area is 178 Å². The van der Waals surface area contributed by atoms with Gasteiger partial charge in [0.2, 0.25) is 0 Å². The largest absolute Gasteiger partial charge is 0.493 e. The van der Waals surface area contributed by atoms with Gasteiger partial charge in [0, 0.05) is 16.6 Å². The van der Waals surface area contributed by atoms with Crippen LogP contribution in [0.25, 0.3) is 0 Å². The van der Waals surface area contributed by atoms with E-state index in [1.54, 1.807) is 7.11 Å². The zero-order valence-electron chi connectivity index (χ0n) is 17.6. The second kappa shape index (κ2) is 12.1. The van der Waals surface area contributed by atoms with Crippen LogP contribution in [-0.4, -0.2) is 38.2 Å². The van der Waals surface area contributed by atoms with E-state index in [1.807, 2.05) is 12.1 Å². The van der Waals surface area contributed by atoms with E-state index in [0.29, 0.717) is 6.61 Å². The van der Waals surface area contributed by atoms with Crippen LogP contribution >= 0.6 is 15.9 Å². The smallest absolute Gasteiger partial charge is 0.167 e. The molecule has 0 amide bonds. The third-order valence-corrected chi connectivity index (χ3v) is 5.62. The predicted molar refractivity (Wildman–Crippen MR) is 120 cm³/mol. The molecule has 0 bridgehead atoms. The molecule has 0 aliphatic heterocycles. The first-order chi connectivity index (χ1) is 13.6. The number of hydrogen-bond donors (Lipinski definition) is 1. The van der Waals surface area contributed by atoms with Gasteiger partial charge >= 0.3 is 0 Å². The number of aryl methyl sites for hydroxylation is 1. The van der Waals surface area contributed by atoms with Crippen molar-refractivity contribution in [2.24, 2.45) is 0 Å². The van der Waals surface area contributed by atoms with Crippen LogP contribution in [-0.2, 0) is 13.2 Å². The molecule has 2 aromatic rings. The maximum absolute atomic E-state index is 6.21. The van der Waals surface area contributed by atoms with Crippen LogP contribution in [0.3, 0.4) is 0 Å². The molecule has 5 heteroatoms. The lowest BCUT2D eigenvalue weighted by Gasteiger charge is -2.19. The van der Waals surface area contributed by atoms with E-state index >= 15 is 0 Å². The molecule has 2 rings (SSSR count).